The number of benzene rings is 2. The molecule has 1 amide bonds. The van der Waals surface area contributed by atoms with Gasteiger partial charge in [-0.1, -0.05) is 34.6 Å². The monoisotopic (exact) mass is 421 g/mol. The Morgan fingerprint density at radius 1 is 1.11 bits per heavy atom. The van der Waals surface area contributed by atoms with E-state index in [0.717, 1.165) is 28.8 Å². The Kier molecular flexibility index (Phi) is 7.52. The van der Waals surface area contributed by atoms with Gasteiger partial charge in [0.2, 0.25) is 0 Å². The van der Waals surface area contributed by atoms with Gasteiger partial charge < -0.3 is 4.90 Å². The second kappa shape index (κ2) is 9.45. The molecule has 150 valence electrons. The number of hydrogen-bond acceptors (Lipinski definition) is 4. The first-order chi connectivity index (χ1) is 12.8. The molecule has 7 heteroatoms. The van der Waals surface area contributed by atoms with E-state index in [1.54, 1.807) is 11.0 Å². The maximum atomic E-state index is 14.1. The number of aromatic nitrogens is 1. The fraction of sp³-hybridized carbons (Fsp3) is 0.333. The molecule has 0 aliphatic carbocycles. The van der Waals surface area contributed by atoms with E-state index < -0.39 is 0 Å². The van der Waals surface area contributed by atoms with Gasteiger partial charge >= 0.3 is 0 Å². The molecule has 0 radical (unpaired) electrons. The number of carbonyl (C=O) groups is 1. The predicted molar refractivity (Wildman–Crippen MR) is 118 cm³/mol. The Morgan fingerprint density at radius 2 is 1.79 bits per heavy atom. The van der Waals surface area contributed by atoms with Gasteiger partial charge in [-0.25, -0.2) is 9.37 Å². The molecule has 2 aromatic carbocycles. The third kappa shape index (κ3) is 5.07. The number of halogens is 2. The van der Waals surface area contributed by atoms with Crippen LogP contribution in [0.15, 0.2) is 36.4 Å². The summed E-state index contributed by atoms with van der Waals surface area (Å²) in [4.78, 5) is 21.5. The lowest BCUT2D eigenvalue weighted by Gasteiger charge is -2.21. The van der Waals surface area contributed by atoms with Crippen LogP contribution in [0.3, 0.4) is 0 Å². The van der Waals surface area contributed by atoms with E-state index in [1.165, 1.54) is 17.4 Å². The molecule has 28 heavy (non-hydrogen) atoms. The highest BCUT2D eigenvalue weighted by Gasteiger charge is 2.22. The van der Waals surface area contributed by atoms with E-state index >= 15 is 0 Å². The zero-order chi connectivity index (χ0) is 19.6. The minimum atomic E-state index is -0.359. The van der Waals surface area contributed by atoms with E-state index in [-0.39, 0.29) is 24.1 Å². The molecule has 4 nitrogen and oxygen atoms in total. The van der Waals surface area contributed by atoms with E-state index in [0.29, 0.717) is 22.8 Å². The molecule has 0 saturated carbocycles. The van der Waals surface area contributed by atoms with Crippen molar-refractivity contribution in [2.75, 3.05) is 32.1 Å². The third-order valence-corrected chi connectivity index (χ3v) is 5.33. The number of para-hydroxylation sites is 1. The molecule has 0 aliphatic heterocycles. The second-order valence-electron chi connectivity index (χ2n) is 7.07. The maximum absolute atomic E-state index is 14.1. The number of carbonyl (C=O) groups excluding carboxylic acids is 1. The number of aryl methyl sites for hydroxylation is 2. The molecule has 3 rings (SSSR count). The predicted octanol–water partition coefficient (Wildman–Crippen LogP) is 5.07. The van der Waals surface area contributed by atoms with Crippen molar-refractivity contribution in [1.82, 2.24) is 9.88 Å². The molecule has 0 aliphatic rings. The van der Waals surface area contributed by atoms with E-state index in [4.69, 9.17) is 0 Å². The first kappa shape index (κ1) is 22.3. The van der Waals surface area contributed by atoms with Crippen LogP contribution >= 0.6 is 23.7 Å². The highest BCUT2D eigenvalue weighted by molar-refractivity contribution is 7.22. The summed E-state index contributed by atoms with van der Waals surface area (Å²) in [5.74, 6) is -0.456. The van der Waals surface area contributed by atoms with Crippen molar-refractivity contribution >= 4 is 45.0 Å². The zero-order valence-electron chi connectivity index (χ0n) is 16.5. The number of anilines is 1. The number of amides is 1. The van der Waals surface area contributed by atoms with Crippen LogP contribution < -0.4 is 4.90 Å². The summed E-state index contributed by atoms with van der Waals surface area (Å²) in [6, 6.07) is 10.7. The average Bonchev–Trinajstić information content (AvgIpc) is 3.02. The largest absolute Gasteiger partial charge is 0.309 e. The number of hydrogen-bond donors (Lipinski definition) is 0. The van der Waals surface area contributed by atoms with Crippen LogP contribution in [-0.4, -0.2) is 43.0 Å². The Balaban J connectivity index is 0.00000280. The van der Waals surface area contributed by atoms with Crippen LogP contribution in [0.2, 0.25) is 0 Å². The highest BCUT2D eigenvalue weighted by atomic mass is 35.5. The lowest BCUT2D eigenvalue weighted by atomic mass is 10.1. The molecule has 0 bridgehead atoms. The fourth-order valence-corrected chi connectivity index (χ4v) is 4.11. The van der Waals surface area contributed by atoms with Gasteiger partial charge in [-0.3, -0.25) is 9.69 Å². The molecular formula is C21H25ClFN3OS. The topological polar surface area (TPSA) is 36.4 Å². The van der Waals surface area contributed by atoms with Crippen molar-refractivity contribution in [2.24, 2.45) is 0 Å². The zero-order valence-corrected chi connectivity index (χ0v) is 18.2. The Morgan fingerprint density at radius 3 is 2.39 bits per heavy atom. The van der Waals surface area contributed by atoms with Gasteiger partial charge in [0.15, 0.2) is 5.13 Å². The molecule has 0 spiro atoms. The van der Waals surface area contributed by atoms with Crippen molar-refractivity contribution < 1.29 is 9.18 Å². The molecule has 0 saturated heterocycles. The van der Waals surface area contributed by atoms with Crippen molar-refractivity contribution in [3.05, 3.63) is 58.9 Å². The van der Waals surface area contributed by atoms with Crippen molar-refractivity contribution in [1.29, 1.82) is 0 Å². The summed E-state index contributed by atoms with van der Waals surface area (Å²) >= 11 is 1.35. The standard InChI is InChI=1S/C21H24FN3OS.ClH/c1-14-11-15(2)13-16(12-14)20(26)25(10-6-9-24(3)4)21-23-19-17(22)7-5-8-18(19)27-21;/h5,7-8,11-13H,6,9-10H2,1-4H3;1H. The van der Waals surface area contributed by atoms with E-state index in [1.807, 2.05) is 52.2 Å². The van der Waals surface area contributed by atoms with Crippen molar-refractivity contribution in [2.45, 2.75) is 20.3 Å². The lowest BCUT2D eigenvalue weighted by Crippen LogP contribution is -2.33. The first-order valence-corrected chi connectivity index (χ1v) is 9.77. The van der Waals surface area contributed by atoms with Crippen LogP contribution in [0.5, 0.6) is 0 Å². The Bertz CT molecular complexity index is 953. The quantitative estimate of drug-likeness (QED) is 0.557. The molecule has 0 fully saturated rings. The molecule has 0 atom stereocenters. The minimum Gasteiger partial charge on any atom is -0.309 e. The van der Waals surface area contributed by atoms with Gasteiger partial charge in [0.1, 0.15) is 11.3 Å². The number of thiazole rings is 1. The van der Waals surface area contributed by atoms with Gasteiger partial charge in [-0.15, -0.1) is 12.4 Å². The molecule has 1 heterocycles. The summed E-state index contributed by atoms with van der Waals surface area (Å²) in [6.07, 6.45) is 0.807. The summed E-state index contributed by atoms with van der Waals surface area (Å²) < 4.78 is 14.8. The Hall–Kier alpha value is -2.02. The highest BCUT2D eigenvalue weighted by Crippen LogP contribution is 2.31. The maximum Gasteiger partial charge on any atom is 0.260 e. The third-order valence-electron chi connectivity index (χ3n) is 4.29. The molecule has 1 aromatic heterocycles. The SMILES string of the molecule is Cc1cc(C)cc(C(=O)N(CCCN(C)C)c2nc3c(F)cccc3s2)c1.Cl. The minimum absolute atomic E-state index is 0. The van der Waals surface area contributed by atoms with E-state index in [9.17, 15) is 9.18 Å². The number of fused-ring (bicyclic) bond motifs is 1. The van der Waals surface area contributed by atoms with Crippen LogP contribution in [0, 0.1) is 19.7 Å². The summed E-state index contributed by atoms with van der Waals surface area (Å²) in [7, 11) is 4.01. The fourth-order valence-electron chi connectivity index (χ4n) is 3.10. The van der Waals surface area contributed by atoms with Gasteiger partial charge in [0.05, 0.1) is 4.70 Å². The average molecular weight is 422 g/mol. The first-order valence-electron chi connectivity index (χ1n) is 8.95. The molecular weight excluding hydrogens is 397 g/mol. The van der Waals surface area contributed by atoms with Gasteiger partial charge in [-0.2, -0.15) is 0 Å². The van der Waals surface area contributed by atoms with Crippen molar-refractivity contribution in [3.63, 3.8) is 0 Å². The summed E-state index contributed by atoms with van der Waals surface area (Å²) in [5.41, 5.74) is 3.05. The normalized spacial score (nSPS) is 10.9. The molecule has 0 unspecified atom stereocenters. The van der Waals surface area contributed by atoms with Gasteiger partial charge in [0.25, 0.3) is 5.91 Å². The van der Waals surface area contributed by atoms with Crippen LogP contribution in [0.25, 0.3) is 10.2 Å². The van der Waals surface area contributed by atoms with Crippen LogP contribution in [-0.2, 0) is 0 Å². The molecule has 3 aromatic rings. The summed E-state index contributed by atoms with van der Waals surface area (Å²) in [6.45, 7) is 5.35. The second-order valence-corrected chi connectivity index (χ2v) is 8.08. The van der Waals surface area contributed by atoms with Crippen molar-refractivity contribution in [3.8, 4) is 0 Å². The van der Waals surface area contributed by atoms with Crippen LogP contribution in [0.1, 0.15) is 27.9 Å². The lowest BCUT2D eigenvalue weighted by molar-refractivity contribution is 0.0986. The summed E-state index contributed by atoms with van der Waals surface area (Å²) in [5, 5.41) is 0.540. The smallest absolute Gasteiger partial charge is 0.260 e. The number of nitrogens with zero attached hydrogens (tertiary/aromatic N) is 3. The van der Waals surface area contributed by atoms with Gasteiger partial charge in [0, 0.05) is 12.1 Å². The van der Waals surface area contributed by atoms with Crippen LogP contribution in [0.4, 0.5) is 9.52 Å². The Labute approximate surface area is 175 Å². The van der Waals surface area contributed by atoms with E-state index in [2.05, 4.69) is 9.88 Å². The molecule has 0 N–H and O–H groups in total. The van der Waals surface area contributed by atoms with Gasteiger partial charge in [-0.05, 0) is 65.2 Å². The number of rotatable bonds is 6.